The van der Waals surface area contributed by atoms with Gasteiger partial charge in [0.1, 0.15) is 5.58 Å². The molecular formula is C84H64N2OS. The Bertz CT molecular complexity index is 5260. The van der Waals surface area contributed by atoms with Crippen molar-refractivity contribution < 1.29 is 4.42 Å². The number of para-hydroxylation sites is 2. The minimum absolute atomic E-state index is 0.148. The van der Waals surface area contributed by atoms with Crippen LogP contribution < -0.4 is 9.80 Å². The first-order valence-corrected chi connectivity index (χ1v) is 32.0. The van der Waals surface area contributed by atoms with Gasteiger partial charge in [0.15, 0.2) is 5.58 Å². The van der Waals surface area contributed by atoms with Crippen molar-refractivity contribution in [2.24, 2.45) is 0 Å². The molecule has 0 amide bonds. The number of hydrogen-bond donors (Lipinski definition) is 0. The van der Waals surface area contributed by atoms with Crippen LogP contribution >= 0.6 is 11.3 Å². The normalized spacial score (nSPS) is 15.4. The van der Waals surface area contributed by atoms with Gasteiger partial charge in [-0.3, -0.25) is 0 Å². The van der Waals surface area contributed by atoms with Crippen LogP contribution in [0.4, 0.5) is 34.1 Å². The third-order valence-corrected chi connectivity index (χ3v) is 22.3. The van der Waals surface area contributed by atoms with E-state index in [1.807, 2.05) is 11.3 Å². The molecule has 4 heteroatoms. The lowest BCUT2D eigenvalue weighted by molar-refractivity contribution is 0.659. The van der Waals surface area contributed by atoms with Gasteiger partial charge >= 0.3 is 0 Å². The lowest BCUT2D eigenvalue weighted by atomic mass is 9.78. The van der Waals surface area contributed by atoms with Gasteiger partial charge in [0.2, 0.25) is 0 Å². The molecule has 0 bridgehead atoms. The largest absolute Gasteiger partial charge is 0.454 e. The number of benzene rings is 12. The van der Waals surface area contributed by atoms with Crippen LogP contribution in [-0.2, 0) is 21.7 Å². The van der Waals surface area contributed by atoms with Crippen LogP contribution in [0.15, 0.2) is 247 Å². The fourth-order valence-electron chi connectivity index (χ4n) is 16.6. The molecule has 2 heterocycles. The van der Waals surface area contributed by atoms with Gasteiger partial charge < -0.3 is 14.2 Å². The molecule has 0 aliphatic heterocycles. The van der Waals surface area contributed by atoms with Crippen molar-refractivity contribution in [1.29, 1.82) is 0 Å². The van der Waals surface area contributed by atoms with Crippen LogP contribution in [0.1, 0.15) is 99.9 Å². The van der Waals surface area contributed by atoms with E-state index in [-0.39, 0.29) is 21.7 Å². The van der Waals surface area contributed by atoms with E-state index >= 15 is 0 Å². The van der Waals surface area contributed by atoms with E-state index in [2.05, 4.69) is 308 Å². The van der Waals surface area contributed by atoms with Gasteiger partial charge in [0.05, 0.1) is 16.1 Å². The molecule has 0 N–H and O–H groups in total. The van der Waals surface area contributed by atoms with E-state index in [0.29, 0.717) is 0 Å². The first kappa shape index (κ1) is 51.5. The minimum atomic E-state index is -0.340. The predicted octanol–water partition coefficient (Wildman–Crippen LogP) is 23.8. The summed E-state index contributed by atoms with van der Waals surface area (Å²) in [4.78, 5) is 5.00. The number of thiophene rings is 1. The second kappa shape index (κ2) is 17.9. The van der Waals surface area contributed by atoms with Crippen LogP contribution in [0, 0.1) is 0 Å². The Balaban J connectivity index is 0.765. The summed E-state index contributed by atoms with van der Waals surface area (Å²) in [6.45, 7) is 19.2. The Kier molecular flexibility index (Phi) is 10.5. The molecule has 0 atom stereocenters. The van der Waals surface area contributed by atoms with Crippen molar-refractivity contribution in [1.82, 2.24) is 0 Å². The number of hydrogen-bond acceptors (Lipinski definition) is 4. The van der Waals surface area contributed by atoms with Crippen molar-refractivity contribution in [2.75, 3.05) is 9.80 Å². The summed E-state index contributed by atoms with van der Waals surface area (Å²) in [7, 11) is 0. The maximum absolute atomic E-state index is 6.87. The van der Waals surface area contributed by atoms with Crippen LogP contribution in [0.2, 0.25) is 0 Å². The highest BCUT2D eigenvalue weighted by molar-refractivity contribution is 7.26. The monoisotopic (exact) mass is 1150 g/mol. The lowest BCUT2D eigenvalue weighted by Crippen LogP contribution is -2.18. The van der Waals surface area contributed by atoms with Gasteiger partial charge in [-0.25, -0.2) is 0 Å². The summed E-state index contributed by atoms with van der Waals surface area (Å²) in [5.41, 5.74) is 31.6. The number of furan rings is 1. The number of rotatable bonds is 7. The average Bonchev–Trinajstić information content (AvgIpc) is 2.36. The first-order chi connectivity index (χ1) is 42.7. The molecule has 0 saturated heterocycles. The van der Waals surface area contributed by atoms with Crippen LogP contribution in [0.25, 0.3) is 97.7 Å². The number of fused-ring (bicyclic) bond motifs is 18. The van der Waals surface area contributed by atoms with Crippen molar-refractivity contribution in [3.63, 3.8) is 0 Å². The first-order valence-electron chi connectivity index (χ1n) is 31.1. The van der Waals surface area contributed by atoms with E-state index in [4.69, 9.17) is 4.42 Å². The van der Waals surface area contributed by atoms with Gasteiger partial charge in [-0.1, -0.05) is 219 Å². The molecule has 0 saturated carbocycles. The van der Waals surface area contributed by atoms with Crippen LogP contribution in [0.3, 0.4) is 0 Å². The van der Waals surface area contributed by atoms with E-state index in [0.717, 1.165) is 39.0 Å². The third-order valence-electron chi connectivity index (χ3n) is 21.0. The zero-order valence-electron chi connectivity index (χ0n) is 50.8. The van der Waals surface area contributed by atoms with Crippen molar-refractivity contribution >= 4 is 87.6 Å². The molecule has 18 rings (SSSR count). The maximum atomic E-state index is 6.87. The number of anilines is 6. The predicted molar refractivity (Wildman–Crippen MR) is 372 cm³/mol. The molecule has 0 fully saturated rings. The topological polar surface area (TPSA) is 19.6 Å². The fraction of sp³-hybridized carbons (Fsp3) is 0.143. The zero-order valence-corrected chi connectivity index (χ0v) is 51.6. The highest BCUT2D eigenvalue weighted by Gasteiger charge is 2.42. The lowest BCUT2D eigenvalue weighted by Gasteiger charge is -2.30. The Hall–Kier alpha value is -9.74. The summed E-state index contributed by atoms with van der Waals surface area (Å²) < 4.78 is 9.42. The summed E-state index contributed by atoms with van der Waals surface area (Å²) in [6.07, 6.45) is 0. The quantitative estimate of drug-likeness (QED) is 0.159. The molecule has 0 unspecified atom stereocenters. The van der Waals surface area contributed by atoms with E-state index in [9.17, 15) is 0 Å². The Morgan fingerprint density at radius 3 is 1.26 bits per heavy atom. The standard InChI is InChI=1S/C84H64N2OS/c1-81(2)67-28-13-9-20-55(67)58-39-35-50(45-70(58)81)85(74-31-18-26-64-62-23-12-16-33-76(62)87-79(64)74)51-38-42-61-63-25-17-24-54(78(63)84(7,8)73(61)48-51)49-34-43-77-66(44-49)65-27-19-32-75(80(65)88-77)86(52-36-40-59-56-21-10-14-29-68(56)82(3,4)71(59)46-52)53-37-41-60-57-22-11-15-30-69(57)83(5,6)72(60)47-53/h9-48H,1-8H3. The highest BCUT2D eigenvalue weighted by atomic mass is 32.1. The summed E-state index contributed by atoms with van der Waals surface area (Å²) in [6, 6.07) is 91.8. The number of nitrogens with zero attached hydrogens (tertiary/aromatic N) is 2. The van der Waals surface area contributed by atoms with Gasteiger partial charge in [-0.15, -0.1) is 11.3 Å². The van der Waals surface area contributed by atoms with Gasteiger partial charge in [0, 0.05) is 70.7 Å². The van der Waals surface area contributed by atoms with Gasteiger partial charge in [-0.05, 0) is 179 Å². The molecule has 88 heavy (non-hydrogen) atoms. The Morgan fingerprint density at radius 1 is 0.295 bits per heavy atom. The molecule has 14 aromatic rings. The van der Waals surface area contributed by atoms with Crippen molar-refractivity contribution in [3.05, 3.63) is 287 Å². The summed E-state index contributed by atoms with van der Waals surface area (Å²) in [5.74, 6) is 0. The SMILES string of the molecule is CC1(C)c2ccccc2-c2ccc(N(c3ccc4c(c3)C(C)(C)c3c(-c5ccc6sc7c(N(c8ccc9c(c8)C(C)(C)c8ccccc8-9)c8ccc9c(c8)C(C)(C)c8ccccc8-9)cccc7c6c5)cccc3-4)c3cccc4c3oc3ccccc34)cc21. The third kappa shape index (κ3) is 6.95. The van der Waals surface area contributed by atoms with Crippen LogP contribution in [-0.4, -0.2) is 0 Å². The molecule has 3 nitrogen and oxygen atoms in total. The van der Waals surface area contributed by atoms with Gasteiger partial charge in [-0.2, -0.15) is 0 Å². The zero-order chi connectivity index (χ0) is 59.3. The average molecular weight is 1150 g/mol. The molecule has 0 spiro atoms. The van der Waals surface area contributed by atoms with Crippen LogP contribution in [0.5, 0.6) is 0 Å². The van der Waals surface area contributed by atoms with Crippen molar-refractivity contribution in [2.45, 2.75) is 77.0 Å². The summed E-state index contributed by atoms with van der Waals surface area (Å²) in [5, 5.41) is 4.78. The molecule has 422 valence electrons. The molecular weight excluding hydrogens is 1090 g/mol. The Labute approximate surface area is 518 Å². The molecule has 2 aromatic heterocycles. The second-order valence-electron chi connectivity index (χ2n) is 27.2. The highest BCUT2D eigenvalue weighted by Crippen LogP contribution is 2.58. The molecule has 4 aliphatic rings. The van der Waals surface area contributed by atoms with E-state index in [1.165, 1.54) is 137 Å². The van der Waals surface area contributed by atoms with E-state index in [1.54, 1.807) is 0 Å². The maximum Gasteiger partial charge on any atom is 0.159 e. The van der Waals surface area contributed by atoms with E-state index < -0.39 is 0 Å². The van der Waals surface area contributed by atoms with Crippen molar-refractivity contribution in [3.8, 4) is 55.6 Å². The second-order valence-corrected chi connectivity index (χ2v) is 28.2. The minimum Gasteiger partial charge on any atom is -0.454 e. The molecule has 4 aliphatic carbocycles. The smallest absolute Gasteiger partial charge is 0.159 e. The van der Waals surface area contributed by atoms with Gasteiger partial charge in [0.25, 0.3) is 0 Å². The Morgan fingerprint density at radius 2 is 0.705 bits per heavy atom. The fourth-order valence-corrected chi connectivity index (χ4v) is 17.8. The summed E-state index contributed by atoms with van der Waals surface area (Å²) >= 11 is 1.91. The molecule has 12 aromatic carbocycles. The molecule has 0 radical (unpaired) electrons.